The lowest BCUT2D eigenvalue weighted by atomic mass is 9.95. The van der Waals surface area contributed by atoms with Gasteiger partial charge < -0.3 is 10.1 Å². The second-order valence-corrected chi connectivity index (χ2v) is 8.77. The molecule has 2 unspecified atom stereocenters. The van der Waals surface area contributed by atoms with E-state index in [2.05, 4.69) is 11.9 Å². The normalized spacial score (nSPS) is 20.3. The van der Waals surface area contributed by atoms with E-state index in [1.54, 1.807) is 24.3 Å². The summed E-state index contributed by atoms with van der Waals surface area (Å²) >= 11 is 0. The van der Waals surface area contributed by atoms with Gasteiger partial charge in [0.15, 0.2) is 0 Å². The third kappa shape index (κ3) is 4.61. The molecular weight excluding hydrogens is 376 g/mol. The molecule has 0 spiro atoms. The first-order chi connectivity index (χ1) is 13.4. The van der Waals surface area contributed by atoms with Crippen LogP contribution in [0.1, 0.15) is 13.3 Å². The van der Waals surface area contributed by atoms with Crippen molar-refractivity contribution in [2.45, 2.75) is 24.3 Å². The molecule has 1 fully saturated rings. The van der Waals surface area contributed by atoms with Gasteiger partial charge >= 0.3 is 0 Å². The van der Waals surface area contributed by atoms with Crippen LogP contribution >= 0.6 is 0 Å². The molecule has 0 aromatic heterocycles. The topological polar surface area (TPSA) is 75.7 Å². The van der Waals surface area contributed by atoms with Gasteiger partial charge in [0.1, 0.15) is 11.5 Å². The van der Waals surface area contributed by atoms with Gasteiger partial charge in [-0.25, -0.2) is 8.42 Å². The van der Waals surface area contributed by atoms with Crippen molar-refractivity contribution in [3.05, 3.63) is 67.3 Å². The van der Waals surface area contributed by atoms with Crippen LogP contribution in [0.3, 0.4) is 0 Å². The van der Waals surface area contributed by atoms with E-state index in [0.717, 1.165) is 0 Å². The number of para-hydroxylation sites is 1. The van der Waals surface area contributed by atoms with Gasteiger partial charge in [-0.15, -0.1) is 0 Å². The van der Waals surface area contributed by atoms with Gasteiger partial charge in [0, 0.05) is 19.1 Å². The maximum atomic E-state index is 13.0. The molecule has 0 aliphatic carbocycles. The molecule has 28 heavy (non-hydrogen) atoms. The number of carbonyl (C=O) groups is 1. The molecule has 2 aromatic carbocycles. The van der Waals surface area contributed by atoms with Crippen molar-refractivity contribution in [1.82, 2.24) is 9.62 Å². The fourth-order valence-corrected chi connectivity index (χ4v) is 4.79. The summed E-state index contributed by atoms with van der Waals surface area (Å²) in [6.45, 7) is 6.10. The molecular formula is C21H24N2O4S. The van der Waals surface area contributed by atoms with Crippen LogP contribution in [0.5, 0.6) is 11.5 Å². The zero-order valence-electron chi connectivity index (χ0n) is 15.7. The van der Waals surface area contributed by atoms with E-state index in [1.165, 1.54) is 10.4 Å². The minimum absolute atomic E-state index is 0.00751. The predicted octanol–water partition coefficient (Wildman–Crippen LogP) is 3.18. The number of rotatable bonds is 6. The van der Waals surface area contributed by atoms with Crippen molar-refractivity contribution in [3.63, 3.8) is 0 Å². The van der Waals surface area contributed by atoms with Gasteiger partial charge in [-0.05, 0) is 54.8 Å². The van der Waals surface area contributed by atoms with E-state index in [-0.39, 0.29) is 22.8 Å². The van der Waals surface area contributed by atoms with Crippen LogP contribution < -0.4 is 10.1 Å². The molecule has 1 amide bonds. The van der Waals surface area contributed by atoms with Gasteiger partial charge in [0.2, 0.25) is 15.9 Å². The van der Waals surface area contributed by atoms with Crippen LogP contribution in [0.2, 0.25) is 0 Å². The predicted molar refractivity (Wildman–Crippen MR) is 108 cm³/mol. The van der Waals surface area contributed by atoms with Crippen LogP contribution in [0.25, 0.3) is 0 Å². The summed E-state index contributed by atoms with van der Waals surface area (Å²) in [6, 6.07) is 15.7. The lowest BCUT2D eigenvalue weighted by molar-refractivity contribution is -0.117. The molecule has 1 heterocycles. The largest absolute Gasteiger partial charge is 0.457 e. The Bertz CT molecular complexity index is 927. The molecule has 6 nitrogen and oxygen atoms in total. The van der Waals surface area contributed by atoms with Gasteiger partial charge in [-0.1, -0.05) is 31.7 Å². The molecule has 148 valence electrons. The average Bonchev–Trinajstić information content (AvgIpc) is 2.70. The van der Waals surface area contributed by atoms with Crippen LogP contribution in [-0.2, 0) is 14.8 Å². The van der Waals surface area contributed by atoms with Crippen molar-refractivity contribution in [2.75, 3.05) is 13.1 Å². The Morgan fingerprint density at radius 3 is 2.39 bits per heavy atom. The third-order valence-electron chi connectivity index (χ3n) is 4.82. The Hall–Kier alpha value is -2.64. The molecule has 0 saturated carbocycles. The number of nitrogens with one attached hydrogen (secondary N) is 1. The van der Waals surface area contributed by atoms with Crippen molar-refractivity contribution in [3.8, 4) is 11.5 Å². The molecule has 1 aliphatic heterocycles. The SMILES string of the molecule is C=CC(=O)NC1CCN(S(=O)(=O)c2ccc(Oc3ccccc3)cc2)CC1C. The molecule has 0 bridgehead atoms. The standard InChI is InChI=1S/C21H24N2O4S/c1-3-21(24)22-20-13-14-23(15-16(20)2)28(25,26)19-11-9-18(10-12-19)27-17-7-5-4-6-8-17/h3-12,16,20H,1,13-15H2,2H3,(H,22,24). The number of hydrogen-bond donors (Lipinski definition) is 1. The number of hydrogen-bond acceptors (Lipinski definition) is 4. The van der Waals surface area contributed by atoms with E-state index in [0.29, 0.717) is 31.0 Å². The quantitative estimate of drug-likeness (QED) is 0.756. The van der Waals surface area contributed by atoms with Crippen molar-refractivity contribution in [2.24, 2.45) is 5.92 Å². The first kappa shape index (κ1) is 20.1. The number of nitrogens with zero attached hydrogens (tertiary/aromatic N) is 1. The zero-order chi connectivity index (χ0) is 20.1. The van der Waals surface area contributed by atoms with E-state index >= 15 is 0 Å². The number of piperidine rings is 1. The van der Waals surface area contributed by atoms with Crippen molar-refractivity contribution in [1.29, 1.82) is 0 Å². The number of carbonyl (C=O) groups excluding carboxylic acids is 1. The monoisotopic (exact) mass is 400 g/mol. The van der Waals surface area contributed by atoms with E-state index in [1.807, 2.05) is 37.3 Å². The number of amides is 1. The molecule has 7 heteroatoms. The fourth-order valence-electron chi connectivity index (χ4n) is 3.24. The van der Waals surface area contributed by atoms with Crippen molar-refractivity contribution >= 4 is 15.9 Å². The Morgan fingerprint density at radius 2 is 1.79 bits per heavy atom. The first-order valence-electron chi connectivity index (χ1n) is 9.16. The summed E-state index contributed by atoms with van der Waals surface area (Å²) in [4.78, 5) is 11.7. The molecule has 2 atom stereocenters. The highest BCUT2D eigenvalue weighted by Crippen LogP contribution is 2.27. The first-order valence-corrected chi connectivity index (χ1v) is 10.6. The summed E-state index contributed by atoms with van der Waals surface area (Å²) in [5, 5.41) is 2.87. The maximum Gasteiger partial charge on any atom is 0.243 e. The van der Waals surface area contributed by atoms with E-state index in [9.17, 15) is 13.2 Å². The van der Waals surface area contributed by atoms with Crippen LogP contribution in [-0.4, -0.2) is 37.8 Å². The van der Waals surface area contributed by atoms with E-state index in [4.69, 9.17) is 4.74 Å². The van der Waals surface area contributed by atoms with Gasteiger partial charge in [-0.2, -0.15) is 4.31 Å². The lowest BCUT2D eigenvalue weighted by Crippen LogP contribution is -2.51. The minimum Gasteiger partial charge on any atom is -0.457 e. The minimum atomic E-state index is -3.60. The van der Waals surface area contributed by atoms with Gasteiger partial charge in [0.25, 0.3) is 0 Å². The number of sulfonamides is 1. The smallest absolute Gasteiger partial charge is 0.243 e. The van der Waals surface area contributed by atoms with Crippen LogP contribution in [0.4, 0.5) is 0 Å². The number of benzene rings is 2. The Morgan fingerprint density at radius 1 is 1.14 bits per heavy atom. The summed E-state index contributed by atoms with van der Waals surface area (Å²) in [5.41, 5.74) is 0. The second-order valence-electron chi connectivity index (χ2n) is 6.83. The molecule has 0 radical (unpaired) electrons. The Balaban J connectivity index is 1.67. The summed E-state index contributed by atoms with van der Waals surface area (Å²) in [7, 11) is -3.60. The molecule has 2 aromatic rings. The zero-order valence-corrected chi connectivity index (χ0v) is 16.6. The summed E-state index contributed by atoms with van der Waals surface area (Å²) < 4.78 is 33.1. The highest BCUT2D eigenvalue weighted by Gasteiger charge is 2.33. The highest BCUT2D eigenvalue weighted by molar-refractivity contribution is 7.89. The Labute approximate surface area is 165 Å². The summed E-state index contributed by atoms with van der Waals surface area (Å²) in [5.74, 6) is 1.04. The fraction of sp³-hybridized carbons (Fsp3) is 0.286. The summed E-state index contributed by atoms with van der Waals surface area (Å²) in [6.07, 6.45) is 1.80. The molecule has 1 N–H and O–H groups in total. The third-order valence-corrected chi connectivity index (χ3v) is 6.70. The van der Waals surface area contributed by atoms with Crippen LogP contribution in [0, 0.1) is 5.92 Å². The van der Waals surface area contributed by atoms with Crippen molar-refractivity contribution < 1.29 is 17.9 Å². The van der Waals surface area contributed by atoms with E-state index < -0.39 is 10.0 Å². The average molecular weight is 401 g/mol. The number of ether oxygens (including phenoxy) is 1. The Kier molecular flexibility index (Phi) is 6.16. The van der Waals surface area contributed by atoms with Crippen LogP contribution in [0.15, 0.2) is 72.1 Å². The highest BCUT2D eigenvalue weighted by atomic mass is 32.2. The maximum absolute atomic E-state index is 13.0. The van der Waals surface area contributed by atoms with Gasteiger partial charge in [0.05, 0.1) is 4.90 Å². The molecule has 1 saturated heterocycles. The molecule has 1 aliphatic rings. The van der Waals surface area contributed by atoms with Gasteiger partial charge in [-0.3, -0.25) is 4.79 Å². The lowest BCUT2D eigenvalue weighted by Gasteiger charge is -2.36. The second kappa shape index (κ2) is 8.58. The molecule has 3 rings (SSSR count).